The minimum absolute atomic E-state index is 0.0745. The van der Waals surface area contributed by atoms with Crippen LogP contribution in [0, 0.1) is 11.8 Å². The van der Waals surface area contributed by atoms with Gasteiger partial charge in [0.15, 0.2) is 9.84 Å². The molecule has 0 aliphatic carbocycles. The average Bonchev–Trinajstić information content (AvgIpc) is 2.79. The van der Waals surface area contributed by atoms with E-state index in [1.165, 1.54) is 6.26 Å². The van der Waals surface area contributed by atoms with E-state index in [0.717, 1.165) is 12.1 Å². The van der Waals surface area contributed by atoms with E-state index in [1.807, 2.05) is 13.8 Å². The summed E-state index contributed by atoms with van der Waals surface area (Å²) >= 11 is 0. The van der Waals surface area contributed by atoms with E-state index >= 15 is 0 Å². The molecule has 0 bridgehead atoms. The molecule has 1 aromatic rings. The van der Waals surface area contributed by atoms with Gasteiger partial charge in [-0.2, -0.15) is 0 Å². The summed E-state index contributed by atoms with van der Waals surface area (Å²) in [5.41, 5.74) is 1.00. The van der Waals surface area contributed by atoms with Crippen molar-refractivity contribution in [1.82, 2.24) is 4.90 Å². The van der Waals surface area contributed by atoms with Crippen molar-refractivity contribution >= 4 is 15.8 Å². The fraction of sp³-hybridized carbons (Fsp3) is 0.533. The molecule has 116 valence electrons. The molecule has 1 aliphatic rings. The van der Waals surface area contributed by atoms with Gasteiger partial charge in [-0.25, -0.2) is 8.42 Å². The zero-order valence-electron chi connectivity index (χ0n) is 12.5. The quantitative estimate of drug-likeness (QED) is 0.918. The van der Waals surface area contributed by atoms with Crippen LogP contribution >= 0.6 is 0 Å². The highest BCUT2D eigenvalue weighted by molar-refractivity contribution is 7.90. The number of carbonyl (C=O) groups is 1. The molecular weight excluding hydrogens is 290 g/mol. The van der Waals surface area contributed by atoms with E-state index < -0.39 is 15.8 Å². The largest absolute Gasteiger partial charge is 0.481 e. The van der Waals surface area contributed by atoms with Crippen LogP contribution in [-0.4, -0.2) is 43.7 Å². The van der Waals surface area contributed by atoms with Gasteiger partial charge in [0.2, 0.25) is 0 Å². The maximum Gasteiger partial charge on any atom is 0.308 e. The smallest absolute Gasteiger partial charge is 0.308 e. The number of sulfone groups is 1. The van der Waals surface area contributed by atoms with Gasteiger partial charge in [-0.3, -0.25) is 9.69 Å². The number of benzene rings is 1. The van der Waals surface area contributed by atoms with Gasteiger partial charge in [-0.1, -0.05) is 19.1 Å². The van der Waals surface area contributed by atoms with Crippen molar-refractivity contribution in [3.63, 3.8) is 0 Å². The Labute approximate surface area is 125 Å². The highest BCUT2D eigenvalue weighted by atomic mass is 32.2. The van der Waals surface area contributed by atoms with Crippen molar-refractivity contribution in [2.75, 3.05) is 19.3 Å². The second-order valence-electron chi connectivity index (χ2n) is 5.89. The Bertz CT molecular complexity index is 624. The monoisotopic (exact) mass is 311 g/mol. The normalized spacial score (nSPS) is 24.9. The lowest BCUT2D eigenvalue weighted by molar-refractivity contribution is -0.142. The fourth-order valence-corrected chi connectivity index (χ4v) is 3.48. The minimum Gasteiger partial charge on any atom is -0.481 e. The van der Waals surface area contributed by atoms with Crippen LogP contribution < -0.4 is 0 Å². The molecule has 3 atom stereocenters. The van der Waals surface area contributed by atoms with Gasteiger partial charge >= 0.3 is 5.97 Å². The Morgan fingerprint density at radius 3 is 2.29 bits per heavy atom. The Kier molecular flexibility index (Phi) is 4.39. The highest BCUT2D eigenvalue weighted by Crippen LogP contribution is 2.31. The molecule has 5 nitrogen and oxygen atoms in total. The fourth-order valence-electron chi connectivity index (χ4n) is 2.85. The van der Waals surface area contributed by atoms with E-state index in [2.05, 4.69) is 4.90 Å². The molecule has 2 rings (SSSR count). The van der Waals surface area contributed by atoms with Crippen LogP contribution in [0.25, 0.3) is 0 Å². The van der Waals surface area contributed by atoms with Crippen molar-refractivity contribution < 1.29 is 18.3 Å². The Balaban J connectivity index is 2.14. The third-order valence-electron chi connectivity index (χ3n) is 4.30. The van der Waals surface area contributed by atoms with Gasteiger partial charge < -0.3 is 5.11 Å². The van der Waals surface area contributed by atoms with E-state index in [1.54, 1.807) is 24.3 Å². The van der Waals surface area contributed by atoms with E-state index in [9.17, 15) is 18.3 Å². The molecule has 1 heterocycles. The van der Waals surface area contributed by atoms with Crippen molar-refractivity contribution in [1.29, 1.82) is 0 Å². The first-order chi connectivity index (χ1) is 9.70. The molecule has 21 heavy (non-hydrogen) atoms. The molecule has 1 saturated heterocycles. The number of hydrogen-bond acceptors (Lipinski definition) is 4. The Hall–Kier alpha value is -1.40. The third-order valence-corrected chi connectivity index (χ3v) is 5.42. The molecule has 0 spiro atoms. The number of likely N-dealkylation sites (tertiary alicyclic amines) is 1. The zero-order valence-corrected chi connectivity index (χ0v) is 13.3. The van der Waals surface area contributed by atoms with Crippen molar-refractivity contribution in [2.24, 2.45) is 11.8 Å². The van der Waals surface area contributed by atoms with Gasteiger partial charge in [0.1, 0.15) is 0 Å². The first kappa shape index (κ1) is 16.0. The molecule has 1 aromatic carbocycles. The molecule has 0 amide bonds. The molecule has 6 heteroatoms. The maximum absolute atomic E-state index is 11.5. The van der Waals surface area contributed by atoms with E-state index in [4.69, 9.17) is 0 Å². The SMILES string of the molecule is CC1CN(C(C)c2ccc(S(C)(=O)=O)cc2)CC1C(=O)O. The number of hydrogen-bond donors (Lipinski definition) is 1. The summed E-state index contributed by atoms with van der Waals surface area (Å²) in [4.78, 5) is 13.6. The van der Waals surface area contributed by atoms with Gasteiger partial charge in [0.25, 0.3) is 0 Å². The second-order valence-corrected chi connectivity index (χ2v) is 7.91. The number of aliphatic carboxylic acids is 1. The minimum atomic E-state index is -3.18. The zero-order chi connectivity index (χ0) is 15.8. The van der Waals surface area contributed by atoms with Crippen molar-refractivity contribution in [3.8, 4) is 0 Å². The van der Waals surface area contributed by atoms with Gasteiger partial charge in [0, 0.05) is 25.4 Å². The standard InChI is InChI=1S/C15H21NO4S/c1-10-8-16(9-14(10)15(17)18)11(2)12-4-6-13(7-5-12)21(3,19)20/h4-7,10-11,14H,8-9H2,1-3H3,(H,17,18). The molecule has 1 fully saturated rings. The molecule has 3 unspecified atom stereocenters. The molecule has 1 N–H and O–H groups in total. The lowest BCUT2D eigenvalue weighted by Crippen LogP contribution is -2.26. The molecule has 0 aromatic heterocycles. The third kappa shape index (κ3) is 3.44. The second kappa shape index (κ2) is 5.77. The topological polar surface area (TPSA) is 74.7 Å². The first-order valence-corrected chi connectivity index (χ1v) is 8.86. The molecule has 1 aliphatic heterocycles. The maximum atomic E-state index is 11.5. The van der Waals surface area contributed by atoms with Crippen molar-refractivity contribution in [2.45, 2.75) is 24.8 Å². The summed E-state index contributed by atoms with van der Waals surface area (Å²) < 4.78 is 22.9. The predicted molar refractivity (Wildman–Crippen MR) is 79.8 cm³/mol. The number of carboxylic acid groups (broad SMARTS) is 1. The number of nitrogens with zero attached hydrogens (tertiary/aromatic N) is 1. The summed E-state index contributed by atoms with van der Waals surface area (Å²) in [5.74, 6) is -0.951. The van der Waals surface area contributed by atoms with Crippen LogP contribution in [0.2, 0.25) is 0 Å². The van der Waals surface area contributed by atoms with Gasteiger partial charge in [0.05, 0.1) is 10.8 Å². The van der Waals surface area contributed by atoms with E-state index in [0.29, 0.717) is 11.4 Å². The van der Waals surface area contributed by atoms with Crippen LogP contribution in [0.1, 0.15) is 25.5 Å². The van der Waals surface area contributed by atoms with Crippen LogP contribution in [-0.2, 0) is 14.6 Å². The van der Waals surface area contributed by atoms with E-state index in [-0.39, 0.29) is 17.9 Å². The number of rotatable bonds is 4. The molecule has 0 radical (unpaired) electrons. The Morgan fingerprint density at radius 1 is 1.29 bits per heavy atom. The molecule has 0 saturated carbocycles. The Morgan fingerprint density at radius 2 is 1.86 bits per heavy atom. The van der Waals surface area contributed by atoms with Crippen LogP contribution in [0.4, 0.5) is 0 Å². The lowest BCUT2D eigenvalue weighted by Gasteiger charge is -2.24. The molecular formula is C15H21NO4S. The van der Waals surface area contributed by atoms with Crippen molar-refractivity contribution in [3.05, 3.63) is 29.8 Å². The number of carboxylic acids is 1. The average molecular weight is 311 g/mol. The summed E-state index contributed by atoms with van der Waals surface area (Å²) in [6, 6.07) is 6.90. The predicted octanol–water partition coefficient (Wildman–Crippen LogP) is 1.80. The summed E-state index contributed by atoms with van der Waals surface area (Å²) in [6.07, 6.45) is 1.19. The van der Waals surface area contributed by atoms with Crippen LogP contribution in [0.15, 0.2) is 29.2 Å². The van der Waals surface area contributed by atoms with Gasteiger partial charge in [-0.05, 0) is 30.5 Å². The van der Waals surface area contributed by atoms with Crippen LogP contribution in [0.3, 0.4) is 0 Å². The lowest BCUT2D eigenvalue weighted by atomic mass is 9.99. The summed E-state index contributed by atoms with van der Waals surface area (Å²) in [7, 11) is -3.18. The highest BCUT2D eigenvalue weighted by Gasteiger charge is 2.36. The van der Waals surface area contributed by atoms with Crippen LogP contribution in [0.5, 0.6) is 0 Å². The summed E-state index contributed by atoms with van der Waals surface area (Å²) in [5, 5.41) is 9.19. The first-order valence-electron chi connectivity index (χ1n) is 6.97. The summed E-state index contributed by atoms with van der Waals surface area (Å²) in [6.45, 7) is 5.25. The van der Waals surface area contributed by atoms with Gasteiger partial charge in [-0.15, -0.1) is 0 Å².